The maximum absolute atomic E-state index is 12.2. The quantitative estimate of drug-likeness (QED) is 0.747. The molecular formula is C18H18N4O. The van der Waals surface area contributed by atoms with Gasteiger partial charge in [0.05, 0.1) is 18.8 Å². The van der Waals surface area contributed by atoms with Crippen LogP contribution in [0.3, 0.4) is 0 Å². The highest BCUT2D eigenvalue weighted by Gasteiger charge is 2.21. The van der Waals surface area contributed by atoms with Crippen molar-refractivity contribution in [3.8, 4) is 11.3 Å². The third kappa shape index (κ3) is 2.70. The van der Waals surface area contributed by atoms with Crippen LogP contribution < -0.4 is 5.56 Å². The summed E-state index contributed by atoms with van der Waals surface area (Å²) >= 11 is 0. The number of aromatic nitrogens is 4. The van der Waals surface area contributed by atoms with Crippen molar-refractivity contribution in [2.24, 2.45) is 0 Å². The topological polar surface area (TPSA) is 52.7 Å². The van der Waals surface area contributed by atoms with Crippen molar-refractivity contribution in [1.29, 1.82) is 0 Å². The lowest BCUT2D eigenvalue weighted by Gasteiger charge is -2.27. The molecule has 1 atom stereocenters. The zero-order valence-electron chi connectivity index (χ0n) is 12.8. The van der Waals surface area contributed by atoms with Crippen molar-refractivity contribution in [2.45, 2.75) is 31.8 Å². The minimum atomic E-state index is 0.0793. The molecule has 5 heteroatoms. The summed E-state index contributed by atoms with van der Waals surface area (Å²) in [6.07, 6.45) is 5.03. The lowest BCUT2D eigenvalue weighted by Crippen LogP contribution is -2.32. The van der Waals surface area contributed by atoms with Gasteiger partial charge in [-0.2, -0.15) is 0 Å². The first-order valence-electron chi connectivity index (χ1n) is 7.97. The van der Waals surface area contributed by atoms with Crippen molar-refractivity contribution in [2.75, 3.05) is 0 Å². The fraction of sp³-hybridized carbons (Fsp3) is 0.278. The van der Waals surface area contributed by atoms with Gasteiger partial charge in [0.15, 0.2) is 0 Å². The van der Waals surface area contributed by atoms with E-state index in [0.717, 1.165) is 36.2 Å². The van der Waals surface area contributed by atoms with Gasteiger partial charge in [-0.1, -0.05) is 41.6 Å². The van der Waals surface area contributed by atoms with E-state index in [1.807, 2.05) is 57.9 Å². The van der Waals surface area contributed by atoms with Gasteiger partial charge in [-0.05, 0) is 25.3 Å². The van der Waals surface area contributed by atoms with Gasteiger partial charge in [-0.25, -0.2) is 4.68 Å². The second-order valence-electron chi connectivity index (χ2n) is 5.96. The highest BCUT2D eigenvalue weighted by atomic mass is 16.1. The van der Waals surface area contributed by atoms with Gasteiger partial charge in [-0.3, -0.25) is 4.79 Å². The molecular weight excluding hydrogens is 288 g/mol. The Bertz CT molecular complexity index is 866. The van der Waals surface area contributed by atoms with Gasteiger partial charge in [0, 0.05) is 17.3 Å². The van der Waals surface area contributed by atoms with Gasteiger partial charge < -0.3 is 4.57 Å². The van der Waals surface area contributed by atoms with Gasteiger partial charge in [0.2, 0.25) is 0 Å². The summed E-state index contributed by atoms with van der Waals surface area (Å²) in [5.41, 5.74) is 3.12. The van der Waals surface area contributed by atoms with Crippen LogP contribution in [0.5, 0.6) is 0 Å². The minimum absolute atomic E-state index is 0.0793. The number of hydrogen-bond donors (Lipinski definition) is 0. The van der Waals surface area contributed by atoms with Crippen LogP contribution in [0.2, 0.25) is 0 Å². The summed E-state index contributed by atoms with van der Waals surface area (Å²) in [5, 5.41) is 8.50. The fourth-order valence-electron chi connectivity index (χ4n) is 3.33. The van der Waals surface area contributed by atoms with Crippen molar-refractivity contribution in [3.63, 3.8) is 0 Å². The van der Waals surface area contributed by atoms with Crippen LogP contribution in [-0.4, -0.2) is 19.6 Å². The summed E-state index contributed by atoms with van der Waals surface area (Å²) in [6.45, 7) is 0.677. The Hall–Kier alpha value is -2.69. The molecule has 0 bridgehead atoms. The van der Waals surface area contributed by atoms with Crippen LogP contribution in [0.1, 0.15) is 24.6 Å². The number of nitrogens with zero attached hydrogens (tertiary/aromatic N) is 4. The molecule has 2 aromatic heterocycles. The second kappa shape index (κ2) is 5.83. The molecule has 23 heavy (non-hydrogen) atoms. The average Bonchev–Trinajstić information content (AvgIpc) is 3.05. The molecule has 1 aliphatic rings. The predicted octanol–water partition coefficient (Wildman–Crippen LogP) is 2.68. The Labute approximate surface area is 134 Å². The number of aryl methyl sites for hydroxylation is 1. The van der Waals surface area contributed by atoms with Gasteiger partial charge in [0.25, 0.3) is 5.56 Å². The van der Waals surface area contributed by atoms with Crippen molar-refractivity contribution in [1.82, 2.24) is 19.6 Å². The molecule has 3 heterocycles. The second-order valence-corrected chi connectivity index (χ2v) is 5.96. The SMILES string of the molecule is O=c1cccc2n1C(Cn1cc(-c3ccccc3)nn1)CCC2. The van der Waals surface area contributed by atoms with E-state index in [4.69, 9.17) is 0 Å². The third-order valence-corrected chi connectivity index (χ3v) is 4.42. The molecule has 3 aromatic rings. The minimum Gasteiger partial charge on any atom is -0.308 e. The van der Waals surface area contributed by atoms with E-state index in [0.29, 0.717) is 6.54 Å². The van der Waals surface area contributed by atoms with Gasteiger partial charge in [0.1, 0.15) is 5.69 Å². The fourth-order valence-corrected chi connectivity index (χ4v) is 3.33. The van der Waals surface area contributed by atoms with Gasteiger partial charge in [-0.15, -0.1) is 5.10 Å². The van der Waals surface area contributed by atoms with Crippen LogP contribution >= 0.6 is 0 Å². The number of benzene rings is 1. The van der Waals surface area contributed by atoms with E-state index < -0.39 is 0 Å². The Kier molecular flexibility index (Phi) is 3.54. The van der Waals surface area contributed by atoms with Gasteiger partial charge >= 0.3 is 0 Å². The third-order valence-electron chi connectivity index (χ3n) is 4.42. The Balaban J connectivity index is 1.61. The van der Waals surface area contributed by atoms with Crippen LogP contribution in [-0.2, 0) is 13.0 Å². The summed E-state index contributed by atoms with van der Waals surface area (Å²) in [7, 11) is 0. The molecule has 0 saturated carbocycles. The summed E-state index contributed by atoms with van der Waals surface area (Å²) in [6, 6.07) is 15.7. The first-order chi connectivity index (χ1) is 11.3. The maximum atomic E-state index is 12.2. The molecule has 1 aromatic carbocycles. The maximum Gasteiger partial charge on any atom is 0.251 e. The molecule has 1 unspecified atom stereocenters. The van der Waals surface area contributed by atoms with Crippen LogP contribution in [0.15, 0.2) is 59.5 Å². The number of fused-ring (bicyclic) bond motifs is 1. The molecule has 0 fully saturated rings. The van der Waals surface area contributed by atoms with Crippen molar-refractivity contribution >= 4 is 0 Å². The lowest BCUT2D eigenvalue weighted by molar-refractivity contribution is 0.329. The highest BCUT2D eigenvalue weighted by molar-refractivity contribution is 5.57. The van der Waals surface area contributed by atoms with E-state index >= 15 is 0 Å². The van der Waals surface area contributed by atoms with E-state index in [1.165, 1.54) is 0 Å². The molecule has 5 nitrogen and oxygen atoms in total. The first-order valence-corrected chi connectivity index (χ1v) is 7.97. The predicted molar refractivity (Wildman–Crippen MR) is 88.1 cm³/mol. The standard InChI is InChI=1S/C18H18N4O/c23-18-11-5-9-15-8-4-10-16(22(15)18)12-21-13-17(19-20-21)14-6-2-1-3-7-14/h1-3,5-7,9,11,13,16H,4,8,10,12H2. The normalized spacial score (nSPS) is 17.0. The van der Waals surface area contributed by atoms with Crippen molar-refractivity contribution < 1.29 is 0 Å². The molecule has 1 aliphatic heterocycles. The molecule has 0 radical (unpaired) electrons. The molecule has 0 saturated heterocycles. The largest absolute Gasteiger partial charge is 0.308 e. The van der Waals surface area contributed by atoms with Crippen LogP contribution in [0.4, 0.5) is 0 Å². The van der Waals surface area contributed by atoms with Crippen molar-refractivity contribution in [3.05, 3.63) is 70.8 Å². The number of pyridine rings is 1. The molecule has 0 amide bonds. The Morgan fingerprint density at radius 2 is 1.96 bits per heavy atom. The van der Waals surface area contributed by atoms with E-state index in [1.54, 1.807) is 6.07 Å². The number of rotatable bonds is 3. The summed E-state index contributed by atoms with van der Waals surface area (Å²) < 4.78 is 3.77. The highest BCUT2D eigenvalue weighted by Crippen LogP contribution is 2.24. The summed E-state index contributed by atoms with van der Waals surface area (Å²) in [5.74, 6) is 0. The molecule has 116 valence electrons. The molecule has 0 aliphatic carbocycles. The molecule has 0 spiro atoms. The molecule has 4 rings (SSSR count). The Morgan fingerprint density at radius 3 is 2.83 bits per heavy atom. The first kappa shape index (κ1) is 13.9. The summed E-state index contributed by atoms with van der Waals surface area (Å²) in [4.78, 5) is 12.2. The van der Waals surface area contributed by atoms with Crippen LogP contribution in [0.25, 0.3) is 11.3 Å². The van der Waals surface area contributed by atoms with E-state index in [2.05, 4.69) is 10.3 Å². The zero-order valence-corrected chi connectivity index (χ0v) is 12.8. The monoisotopic (exact) mass is 306 g/mol. The Morgan fingerprint density at radius 1 is 1.09 bits per heavy atom. The average molecular weight is 306 g/mol. The smallest absolute Gasteiger partial charge is 0.251 e. The number of hydrogen-bond acceptors (Lipinski definition) is 3. The van der Waals surface area contributed by atoms with Crippen LogP contribution in [0, 0.1) is 0 Å². The zero-order chi connectivity index (χ0) is 15.6. The van der Waals surface area contributed by atoms with E-state index in [-0.39, 0.29) is 11.6 Å². The molecule has 0 N–H and O–H groups in total. The lowest BCUT2D eigenvalue weighted by atomic mass is 10.0. The van der Waals surface area contributed by atoms with E-state index in [9.17, 15) is 4.79 Å².